The Labute approximate surface area is 339 Å². The van der Waals surface area contributed by atoms with Crippen LogP contribution in [-0.2, 0) is 0 Å². The number of hydrogen-bond acceptors (Lipinski definition) is 2. The van der Waals surface area contributed by atoms with E-state index in [-0.39, 0.29) is 5.54 Å². The summed E-state index contributed by atoms with van der Waals surface area (Å²) in [4.78, 5) is 2.58. The van der Waals surface area contributed by atoms with Crippen molar-refractivity contribution in [3.63, 3.8) is 0 Å². The highest BCUT2D eigenvalue weighted by molar-refractivity contribution is 5.16. The molecule has 6 unspecified atom stereocenters. The van der Waals surface area contributed by atoms with Crippen LogP contribution in [0.25, 0.3) is 0 Å². The first-order valence-corrected chi connectivity index (χ1v) is 21.9. The van der Waals surface area contributed by atoms with Gasteiger partial charge >= 0.3 is 0 Å². The maximum atomic E-state index is 7.01. The third-order valence-corrected chi connectivity index (χ3v) is 11.8. The van der Waals surface area contributed by atoms with E-state index in [9.17, 15) is 0 Å². The van der Waals surface area contributed by atoms with E-state index in [0.29, 0.717) is 29.7 Å². The lowest BCUT2D eigenvalue weighted by molar-refractivity contribution is 0.135. The van der Waals surface area contributed by atoms with Crippen LogP contribution in [0.5, 0.6) is 0 Å². The molecule has 0 aromatic rings. The first-order valence-electron chi connectivity index (χ1n) is 21.9. The van der Waals surface area contributed by atoms with Crippen LogP contribution in [0.1, 0.15) is 172 Å². The van der Waals surface area contributed by atoms with E-state index in [2.05, 4.69) is 135 Å². The highest BCUT2D eigenvalue weighted by Crippen LogP contribution is 2.41. The first kappa shape index (κ1) is 53.3. The Hall–Kier alpha value is -2.76. The van der Waals surface area contributed by atoms with Crippen molar-refractivity contribution in [2.45, 2.75) is 184 Å². The Morgan fingerprint density at radius 2 is 1.52 bits per heavy atom. The molecule has 2 rings (SSSR count). The number of piperidine rings is 1. The normalized spacial score (nSPS) is 23.2. The van der Waals surface area contributed by atoms with Gasteiger partial charge in [-0.05, 0) is 140 Å². The Morgan fingerprint density at radius 3 is 2.11 bits per heavy atom. The van der Waals surface area contributed by atoms with Crippen LogP contribution in [0.15, 0.2) is 97.3 Å². The summed E-state index contributed by atoms with van der Waals surface area (Å²) in [7, 11) is 0. The Kier molecular flexibility index (Phi) is 32.1. The first-order chi connectivity index (χ1) is 25.8. The molecule has 308 valence electrons. The Bertz CT molecular complexity index is 1160. The van der Waals surface area contributed by atoms with Gasteiger partial charge in [-0.15, -0.1) is 19.4 Å². The van der Waals surface area contributed by atoms with Crippen molar-refractivity contribution in [1.82, 2.24) is 4.90 Å². The zero-order chi connectivity index (χ0) is 41.5. The molecule has 1 heterocycles. The second kappa shape index (κ2) is 32.5. The largest absolute Gasteiger partial charge is 0.373 e. The summed E-state index contributed by atoms with van der Waals surface area (Å²) >= 11 is 0. The summed E-state index contributed by atoms with van der Waals surface area (Å²) in [5, 5.41) is 0. The van der Waals surface area contributed by atoms with Gasteiger partial charge in [0.2, 0.25) is 0 Å². The molecule has 7 atom stereocenters. The van der Waals surface area contributed by atoms with E-state index in [1.54, 1.807) is 6.08 Å². The standard InChI is InChI=1S/C45H76N2.C3H6.C2H6.C2H2/c1-11-12-19-24-35(2)38(5)31-40(7)41(8)32-39(6)36(3)25-20-17-15-13-14-16-18-22-28-45(46)29-27-37(4)44(34-45)33-43(10)47-30-23-21-26-42(47)9;1-3-2;2*1-2/h13-18,31,36-38,41-42,44H,2,6,10-12,19-30,32-34,46H2,1,3-5,7-9H3;3H,1H2,2H3;1-2H3;1-2H/b14-13+,17-15+,18-16+,40-31+;;;/t36?,37?,38-,41?,42?,44?,45?;;;/m1.../s1. The fourth-order valence-corrected chi connectivity index (χ4v) is 7.73. The monoisotopic (exact) mass is 743 g/mol. The zero-order valence-corrected chi connectivity index (χ0v) is 37.6. The van der Waals surface area contributed by atoms with Crippen molar-refractivity contribution in [2.75, 3.05) is 6.54 Å². The molecule has 0 amide bonds. The van der Waals surface area contributed by atoms with Crippen molar-refractivity contribution < 1.29 is 0 Å². The second-order valence-corrected chi connectivity index (χ2v) is 16.4. The van der Waals surface area contributed by atoms with Crippen LogP contribution >= 0.6 is 0 Å². The van der Waals surface area contributed by atoms with Gasteiger partial charge in [0, 0.05) is 23.8 Å². The predicted octanol–water partition coefficient (Wildman–Crippen LogP) is 15.5. The summed E-state index contributed by atoms with van der Waals surface area (Å²) in [6, 6.07) is 0.644. The van der Waals surface area contributed by atoms with Gasteiger partial charge in [-0.3, -0.25) is 0 Å². The van der Waals surface area contributed by atoms with Crippen molar-refractivity contribution in [3.8, 4) is 12.8 Å². The van der Waals surface area contributed by atoms with E-state index in [4.69, 9.17) is 5.73 Å². The molecule has 1 saturated heterocycles. The second-order valence-electron chi connectivity index (χ2n) is 16.4. The average molecular weight is 743 g/mol. The lowest BCUT2D eigenvalue weighted by Crippen LogP contribution is -2.47. The molecular weight excluding hydrogens is 653 g/mol. The molecule has 0 radical (unpaired) electrons. The van der Waals surface area contributed by atoms with Gasteiger partial charge in [0.1, 0.15) is 0 Å². The molecule has 1 aliphatic carbocycles. The summed E-state index contributed by atoms with van der Waals surface area (Å²) in [6.45, 7) is 40.1. The minimum atomic E-state index is -0.0339. The maximum Gasteiger partial charge on any atom is 0.0258 e. The molecule has 2 heteroatoms. The van der Waals surface area contributed by atoms with Crippen LogP contribution in [0, 0.1) is 42.4 Å². The number of likely N-dealkylation sites (tertiary alicyclic amines) is 1. The molecule has 2 nitrogen and oxygen atoms in total. The fraction of sp³-hybridized carbons (Fsp3) is 0.654. The molecule has 54 heavy (non-hydrogen) atoms. The third kappa shape index (κ3) is 23.2. The molecule has 0 spiro atoms. The molecule has 2 fully saturated rings. The zero-order valence-electron chi connectivity index (χ0n) is 37.6. The van der Waals surface area contributed by atoms with E-state index < -0.39 is 0 Å². The van der Waals surface area contributed by atoms with Gasteiger partial charge in [-0.1, -0.05) is 146 Å². The quantitative estimate of drug-likeness (QED) is 0.0549. The minimum absolute atomic E-state index is 0.0339. The predicted molar refractivity (Wildman–Crippen MR) is 248 cm³/mol. The number of unbranched alkanes of at least 4 members (excludes halogenated alkanes) is 2. The fourth-order valence-electron chi connectivity index (χ4n) is 7.73. The topological polar surface area (TPSA) is 29.3 Å². The summed E-state index contributed by atoms with van der Waals surface area (Å²) < 4.78 is 0. The van der Waals surface area contributed by atoms with Gasteiger partial charge < -0.3 is 10.6 Å². The third-order valence-electron chi connectivity index (χ3n) is 11.8. The molecule has 2 aliphatic rings. The maximum absolute atomic E-state index is 7.01. The number of hydrogen-bond donors (Lipinski definition) is 1. The lowest BCUT2D eigenvalue weighted by atomic mass is 9.68. The SMILES string of the molecule is C#C.C=C(CC(C)/C(C)=C/[C@@H](C)C(=C)CCCCC)C(C)CC/C=C/C=C/C=C/CCC1(N)CCC(C)C(CC(=C)N2CCCCC2C)C1.C=CC.CC. The van der Waals surface area contributed by atoms with Crippen molar-refractivity contribution >= 4 is 0 Å². The van der Waals surface area contributed by atoms with Gasteiger partial charge in [-0.2, -0.15) is 0 Å². The molecular formula is C52H90N2. The van der Waals surface area contributed by atoms with Crippen LogP contribution in [0.2, 0.25) is 0 Å². The van der Waals surface area contributed by atoms with Crippen LogP contribution in [-0.4, -0.2) is 23.0 Å². The van der Waals surface area contributed by atoms with Gasteiger partial charge in [-0.25, -0.2) is 0 Å². The number of allylic oxidation sites excluding steroid dienone is 12. The summed E-state index contributed by atoms with van der Waals surface area (Å²) in [5.41, 5.74) is 12.6. The van der Waals surface area contributed by atoms with E-state index in [0.717, 1.165) is 63.7 Å². The number of nitrogens with zero attached hydrogens (tertiary/aromatic N) is 1. The van der Waals surface area contributed by atoms with Crippen LogP contribution in [0.4, 0.5) is 0 Å². The highest BCUT2D eigenvalue weighted by Gasteiger charge is 2.36. The van der Waals surface area contributed by atoms with Crippen molar-refractivity contribution in [2.24, 2.45) is 35.3 Å². The van der Waals surface area contributed by atoms with E-state index in [1.807, 2.05) is 20.8 Å². The Balaban J connectivity index is 0. The number of nitrogens with two attached hydrogens (primary N) is 1. The molecule has 0 bridgehead atoms. The molecule has 2 N–H and O–H groups in total. The molecule has 0 aromatic heterocycles. The summed E-state index contributed by atoms with van der Waals surface area (Å²) in [5.74, 6) is 2.94. The van der Waals surface area contributed by atoms with Crippen LogP contribution in [0.3, 0.4) is 0 Å². The smallest absolute Gasteiger partial charge is 0.0258 e. The van der Waals surface area contributed by atoms with Crippen molar-refractivity contribution in [3.05, 3.63) is 97.3 Å². The Morgan fingerprint density at radius 1 is 0.907 bits per heavy atom. The number of rotatable bonds is 21. The van der Waals surface area contributed by atoms with E-state index >= 15 is 0 Å². The molecule has 0 aromatic carbocycles. The van der Waals surface area contributed by atoms with Gasteiger partial charge in [0.05, 0.1) is 0 Å². The molecule has 1 aliphatic heterocycles. The van der Waals surface area contributed by atoms with Gasteiger partial charge in [0.15, 0.2) is 0 Å². The highest BCUT2D eigenvalue weighted by atomic mass is 15.2. The molecule has 1 saturated carbocycles. The van der Waals surface area contributed by atoms with Crippen LogP contribution < -0.4 is 5.73 Å². The number of terminal acetylenes is 1. The lowest BCUT2D eigenvalue weighted by Gasteiger charge is -2.44. The van der Waals surface area contributed by atoms with Crippen molar-refractivity contribution in [1.29, 1.82) is 0 Å². The average Bonchev–Trinajstić information content (AvgIpc) is 3.15. The van der Waals surface area contributed by atoms with E-state index in [1.165, 1.54) is 73.9 Å². The van der Waals surface area contributed by atoms with Gasteiger partial charge in [0.25, 0.3) is 0 Å². The minimum Gasteiger partial charge on any atom is -0.373 e. The summed E-state index contributed by atoms with van der Waals surface area (Å²) in [6.07, 6.45) is 44.6.